The zero-order valence-electron chi connectivity index (χ0n) is 10.9. The van der Waals surface area contributed by atoms with E-state index in [9.17, 15) is 9.59 Å². The molecule has 2 rings (SSSR count). The molecule has 0 saturated carbocycles. The van der Waals surface area contributed by atoms with Gasteiger partial charge < -0.3 is 20.9 Å². The van der Waals surface area contributed by atoms with Crippen molar-refractivity contribution < 1.29 is 19.4 Å². The summed E-state index contributed by atoms with van der Waals surface area (Å²) in [5, 5.41) is 14.3. The van der Waals surface area contributed by atoms with Gasteiger partial charge in [0, 0.05) is 18.0 Å². The number of hydrogen-bond acceptors (Lipinski definition) is 5. The largest absolute Gasteiger partial charge is 0.396 e. The van der Waals surface area contributed by atoms with E-state index in [0.29, 0.717) is 43.2 Å². The van der Waals surface area contributed by atoms with E-state index in [0.717, 1.165) is 10.4 Å². The van der Waals surface area contributed by atoms with Crippen LogP contribution in [0.3, 0.4) is 0 Å². The number of urea groups is 1. The third-order valence-corrected chi connectivity index (χ3v) is 4.04. The Hall–Kier alpha value is -1.64. The van der Waals surface area contributed by atoms with Gasteiger partial charge in [0.25, 0.3) is 5.91 Å². The smallest absolute Gasteiger partial charge is 0.319 e. The van der Waals surface area contributed by atoms with Crippen LogP contribution < -0.4 is 16.4 Å². The number of aliphatic hydroxyl groups excluding tert-OH is 1. The standard InChI is InChI=1S/C12H17N3O4S/c13-10(17)9-7-2-5-19-6-8(7)20-11(9)15-12(18)14-3-1-4-16/h16H,1-6H2,(H2,13,17)(H2,14,15,18). The first-order valence-electron chi connectivity index (χ1n) is 6.31. The van der Waals surface area contributed by atoms with Crippen molar-refractivity contribution in [1.29, 1.82) is 0 Å². The van der Waals surface area contributed by atoms with Crippen LogP contribution in [0.15, 0.2) is 0 Å². The van der Waals surface area contributed by atoms with E-state index in [4.69, 9.17) is 15.6 Å². The lowest BCUT2D eigenvalue weighted by molar-refractivity contribution is 0.0991. The van der Waals surface area contributed by atoms with Gasteiger partial charge in [-0.25, -0.2) is 4.79 Å². The van der Waals surface area contributed by atoms with Gasteiger partial charge >= 0.3 is 6.03 Å². The van der Waals surface area contributed by atoms with Crippen LogP contribution in [0, 0.1) is 0 Å². The van der Waals surface area contributed by atoms with Crippen molar-refractivity contribution in [2.45, 2.75) is 19.4 Å². The molecule has 1 aliphatic rings. The third kappa shape index (κ3) is 3.27. The highest BCUT2D eigenvalue weighted by Gasteiger charge is 2.25. The number of rotatable bonds is 5. The molecule has 3 amide bonds. The number of primary amides is 1. The predicted octanol–water partition coefficient (Wildman–Crippen LogP) is 0.424. The lowest BCUT2D eigenvalue weighted by atomic mass is 10.1. The maximum absolute atomic E-state index is 11.7. The van der Waals surface area contributed by atoms with Crippen LogP contribution in [0.1, 0.15) is 27.2 Å². The van der Waals surface area contributed by atoms with E-state index in [1.165, 1.54) is 11.3 Å². The molecule has 0 spiro atoms. The van der Waals surface area contributed by atoms with Crippen molar-refractivity contribution in [1.82, 2.24) is 5.32 Å². The van der Waals surface area contributed by atoms with Crippen LogP contribution >= 0.6 is 11.3 Å². The van der Waals surface area contributed by atoms with Gasteiger partial charge in [0.05, 0.1) is 18.8 Å². The lowest BCUT2D eigenvalue weighted by Crippen LogP contribution is -2.30. The summed E-state index contributed by atoms with van der Waals surface area (Å²) in [4.78, 5) is 24.2. The Labute approximate surface area is 120 Å². The summed E-state index contributed by atoms with van der Waals surface area (Å²) >= 11 is 1.31. The minimum absolute atomic E-state index is 0.0114. The van der Waals surface area contributed by atoms with E-state index in [-0.39, 0.29) is 6.61 Å². The van der Waals surface area contributed by atoms with E-state index in [2.05, 4.69) is 10.6 Å². The molecule has 1 aliphatic heterocycles. The highest BCUT2D eigenvalue weighted by Crippen LogP contribution is 2.36. The predicted molar refractivity (Wildman–Crippen MR) is 74.9 cm³/mol. The number of amides is 3. The van der Waals surface area contributed by atoms with E-state index < -0.39 is 11.9 Å². The number of ether oxygens (including phenoxy) is 1. The summed E-state index contributed by atoms with van der Waals surface area (Å²) in [6.07, 6.45) is 1.10. The Balaban J connectivity index is 2.12. The Morgan fingerprint density at radius 2 is 2.25 bits per heavy atom. The molecule has 0 unspecified atom stereocenters. The molecule has 8 heteroatoms. The van der Waals surface area contributed by atoms with Crippen molar-refractivity contribution >= 4 is 28.3 Å². The third-order valence-electron chi connectivity index (χ3n) is 2.91. The summed E-state index contributed by atoms with van der Waals surface area (Å²) in [7, 11) is 0. The summed E-state index contributed by atoms with van der Waals surface area (Å²) in [5.74, 6) is -0.546. The Morgan fingerprint density at radius 3 is 2.95 bits per heavy atom. The van der Waals surface area contributed by atoms with Gasteiger partial charge in [-0.15, -0.1) is 11.3 Å². The molecule has 110 valence electrons. The number of hydrogen-bond donors (Lipinski definition) is 4. The van der Waals surface area contributed by atoms with Crippen molar-refractivity contribution in [3.63, 3.8) is 0 Å². The van der Waals surface area contributed by atoms with Gasteiger partial charge in [0.2, 0.25) is 0 Å². The van der Waals surface area contributed by atoms with Crippen LogP contribution in [0.5, 0.6) is 0 Å². The average molecular weight is 299 g/mol. The number of nitrogens with one attached hydrogen (secondary N) is 2. The van der Waals surface area contributed by atoms with Gasteiger partial charge in [0.1, 0.15) is 5.00 Å². The van der Waals surface area contributed by atoms with Crippen LogP contribution in [-0.2, 0) is 17.8 Å². The molecule has 1 aromatic heterocycles. The van der Waals surface area contributed by atoms with Gasteiger partial charge in [0.15, 0.2) is 0 Å². The molecule has 7 nitrogen and oxygen atoms in total. The van der Waals surface area contributed by atoms with Crippen LogP contribution in [-0.4, -0.2) is 36.8 Å². The first kappa shape index (κ1) is 14.8. The van der Waals surface area contributed by atoms with E-state index in [1.807, 2.05) is 0 Å². The molecule has 0 saturated heterocycles. The quantitative estimate of drug-likeness (QED) is 0.590. The Bertz CT molecular complexity index is 515. The van der Waals surface area contributed by atoms with Crippen molar-refractivity contribution in [3.8, 4) is 0 Å². The Kier molecular flexibility index (Phi) is 4.94. The summed E-state index contributed by atoms with van der Waals surface area (Å²) in [5.41, 5.74) is 6.66. The molecule has 0 aromatic carbocycles. The number of nitrogens with two attached hydrogens (primary N) is 1. The van der Waals surface area contributed by atoms with Crippen molar-refractivity contribution in [3.05, 3.63) is 16.0 Å². The molecular formula is C12H17N3O4S. The van der Waals surface area contributed by atoms with E-state index in [1.54, 1.807) is 0 Å². The second-order valence-electron chi connectivity index (χ2n) is 4.33. The highest BCUT2D eigenvalue weighted by atomic mass is 32.1. The van der Waals surface area contributed by atoms with Crippen LogP contribution in [0.4, 0.5) is 9.80 Å². The zero-order valence-corrected chi connectivity index (χ0v) is 11.7. The minimum Gasteiger partial charge on any atom is -0.396 e. The van der Waals surface area contributed by atoms with Crippen LogP contribution in [0.25, 0.3) is 0 Å². The number of thiophene rings is 1. The molecular weight excluding hydrogens is 282 g/mol. The van der Waals surface area contributed by atoms with Gasteiger partial charge in [-0.2, -0.15) is 0 Å². The number of aliphatic hydroxyl groups is 1. The molecule has 2 heterocycles. The fourth-order valence-electron chi connectivity index (χ4n) is 2.01. The summed E-state index contributed by atoms with van der Waals surface area (Å²) < 4.78 is 5.33. The topological polar surface area (TPSA) is 114 Å². The normalized spacial score (nSPS) is 13.7. The van der Waals surface area contributed by atoms with Crippen LogP contribution in [0.2, 0.25) is 0 Å². The summed E-state index contributed by atoms with van der Waals surface area (Å²) in [6.45, 7) is 1.36. The maximum atomic E-state index is 11.7. The fourth-order valence-corrected chi connectivity index (χ4v) is 3.19. The van der Waals surface area contributed by atoms with E-state index >= 15 is 0 Å². The number of carbonyl (C=O) groups is 2. The number of carbonyl (C=O) groups excluding carboxylic acids is 2. The van der Waals surface area contributed by atoms with Gasteiger partial charge in [-0.3, -0.25) is 10.1 Å². The Morgan fingerprint density at radius 1 is 1.45 bits per heavy atom. The maximum Gasteiger partial charge on any atom is 0.319 e. The fraction of sp³-hybridized carbons (Fsp3) is 0.500. The molecule has 0 radical (unpaired) electrons. The average Bonchev–Trinajstić information content (AvgIpc) is 2.76. The molecule has 20 heavy (non-hydrogen) atoms. The molecule has 0 fully saturated rings. The minimum atomic E-state index is -0.546. The second kappa shape index (κ2) is 6.69. The highest BCUT2D eigenvalue weighted by molar-refractivity contribution is 7.17. The van der Waals surface area contributed by atoms with Crippen molar-refractivity contribution in [2.75, 3.05) is 25.1 Å². The molecule has 0 aliphatic carbocycles. The van der Waals surface area contributed by atoms with Gasteiger partial charge in [-0.05, 0) is 18.4 Å². The first-order valence-corrected chi connectivity index (χ1v) is 7.13. The molecule has 0 atom stereocenters. The molecule has 1 aromatic rings. The lowest BCUT2D eigenvalue weighted by Gasteiger charge is -2.12. The number of fused-ring (bicyclic) bond motifs is 1. The summed E-state index contributed by atoms with van der Waals surface area (Å²) in [6, 6.07) is -0.416. The van der Waals surface area contributed by atoms with Crippen molar-refractivity contribution in [2.24, 2.45) is 5.73 Å². The molecule has 5 N–H and O–H groups in total. The monoisotopic (exact) mass is 299 g/mol. The van der Waals surface area contributed by atoms with Gasteiger partial charge in [-0.1, -0.05) is 0 Å². The zero-order chi connectivity index (χ0) is 14.5. The SMILES string of the molecule is NC(=O)c1c(NC(=O)NCCCO)sc2c1CCOC2. The molecule has 0 bridgehead atoms. The first-order chi connectivity index (χ1) is 9.63. The number of anilines is 1. The second-order valence-corrected chi connectivity index (χ2v) is 5.44.